The number of hydrogen-bond acceptors (Lipinski definition) is 5. The molecule has 0 aliphatic heterocycles. The number of rotatable bonds is 5. The van der Waals surface area contributed by atoms with Gasteiger partial charge in [-0.15, -0.1) is 0 Å². The Bertz CT molecular complexity index is 661. The van der Waals surface area contributed by atoms with Crippen molar-refractivity contribution in [1.82, 2.24) is 10.0 Å². The van der Waals surface area contributed by atoms with E-state index in [9.17, 15) is 17.6 Å². The molecule has 0 saturated carbocycles. The third kappa shape index (κ3) is 6.03. The molecule has 7 nitrogen and oxygen atoms in total. The van der Waals surface area contributed by atoms with Crippen LogP contribution in [0.1, 0.15) is 26.3 Å². The average molecular weight is 347 g/mol. The summed E-state index contributed by atoms with van der Waals surface area (Å²) < 4.78 is 44.9. The smallest absolute Gasteiger partial charge is 0.407 e. The first-order valence-electron chi connectivity index (χ1n) is 6.94. The second-order valence-electron chi connectivity index (χ2n) is 5.97. The van der Waals surface area contributed by atoms with Gasteiger partial charge in [-0.2, -0.15) is 0 Å². The quantitative estimate of drug-likeness (QED) is 0.552. The van der Waals surface area contributed by atoms with Gasteiger partial charge >= 0.3 is 6.09 Å². The maximum Gasteiger partial charge on any atom is 0.407 e. The number of carbonyl (C=O) groups excluding carboxylic acids is 1. The van der Waals surface area contributed by atoms with Gasteiger partial charge in [0.25, 0.3) is 0 Å². The van der Waals surface area contributed by atoms with Crippen molar-refractivity contribution in [3.05, 3.63) is 23.5 Å². The predicted molar refractivity (Wildman–Crippen MR) is 85.0 cm³/mol. The van der Waals surface area contributed by atoms with Gasteiger partial charge in [0.05, 0.1) is 10.6 Å². The molecule has 0 aromatic heterocycles. The van der Waals surface area contributed by atoms with Crippen molar-refractivity contribution in [1.29, 1.82) is 0 Å². The molecule has 0 saturated heterocycles. The first kappa shape index (κ1) is 19.2. The molecule has 0 bridgehead atoms. The van der Waals surface area contributed by atoms with Crippen LogP contribution in [0.2, 0.25) is 0 Å². The fourth-order valence-electron chi connectivity index (χ4n) is 1.67. The minimum Gasteiger partial charge on any atom is -0.444 e. The molecule has 1 aromatic carbocycles. The van der Waals surface area contributed by atoms with Gasteiger partial charge in [-0.05, 0) is 45.4 Å². The monoisotopic (exact) mass is 347 g/mol. The molecular formula is C14H22FN3O4S. The molecule has 9 heteroatoms. The molecule has 23 heavy (non-hydrogen) atoms. The predicted octanol–water partition coefficient (Wildman–Crippen LogP) is 1.52. The SMILES string of the molecule is Cc1cc(S(=O)(=O)NCCNC(=O)OC(C)(C)C)cc(N)c1F. The fraction of sp³-hybridized carbons (Fsp3) is 0.500. The number of ether oxygens (including phenoxy) is 1. The Kier molecular flexibility index (Phi) is 5.95. The Morgan fingerprint density at radius 3 is 2.43 bits per heavy atom. The van der Waals surface area contributed by atoms with Gasteiger partial charge < -0.3 is 15.8 Å². The maximum atomic E-state index is 13.4. The summed E-state index contributed by atoms with van der Waals surface area (Å²) in [5, 5.41) is 2.42. The van der Waals surface area contributed by atoms with E-state index in [1.165, 1.54) is 13.0 Å². The number of amides is 1. The minimum absolute atomic E-state index is 0.0437. The normalized spacial score (nSPS) is 12.0. The number of nitrogens with one attached hydrogen (secondary N) is 2. The Morgan fingerprint density at radius 1 is 1.30 bits per heavy atom. The fourth-order valence-corrected chi connectivity index (χ4v) is 2.82. The number of aryl methyl sites for hydroxylation is 1. The van der Waals surface area contributed by atoms with Crippen molar-refractivity contribution in [2.24, 2.45) is 0 Å². The average Bonchev–Trinajstić information content (AvgIpc) is 2.38. The molecule has 0 unspecified atom stereocenters. The highest BCUT2D eigenvalue weighted by atomic mass is 32.2. The summed E-state index contributed by atoms with van der Waals surface area (Å²) in [5.74, 6) is -0.643. The van der Waals surface area contributed by atoms with Crippen molar-refractivity contribution in [2.45, 2.75) is 38.2 Å². The number of anilines is 1. The van der Waals surface area contributed by atoms with Crippen molar-refractivity contribution >= 4 is 21.8 Å². The van der Waals surface area contributed by atoms with E-state index in [-0.39, 0.29) is 29.2 Å². The molecule has 1 amide bonds. The zero-order valence-corrected chi connectivity index (χ0v) is 14.4. The van der Waals surface area contributed by atoms with E-state index < -0.39 is 27.5 Å². The number of nitrogens with two attached hydrogens (primary N) is 1. The van der Waals surface area contributed by atoms with Crippen molar-refractivity contribution in [3.63, 3.8) is 0 Å². The van der Waals surface area contributed by atoms with Gasteiger partial charge in [-0.3, -0.25) is 0 Å². The van der Waals surface area contributed by atoms with Gasteiger partial charge in [0.2, 0.25) is 10.0 Å². The van der Waals surface area contributed by atoms with Crippen molar-refractivity contribution < 1.29 is 22.3 Å². The van der Waals surface area contributed by atoms with E-state index in [2.05, 4.69) is 10.0 Å². The van der Waals surface area contributed by atoms with E-state index >= 15 is 0 Å². The lowest BCUT2D eigenvalue weighted by atomic mass is 10.2. The van der Waals surface area contributed by atoms with Crippen LogP contribution >= 0.6 is 0 Å². The molecule has 130 valence electrons. The minimum atomic E-state index is -3.84. The summed E-state index contributed by atoms with van der Waals surface area (Å²) in [5.41, 5.74) is 4.70. The highest BCUT2D eigenvalue weighted by molar-refractivity contribution is 7.89. The summed E-state index contributed by atoms with van der Waals surface area (Å²) in [6, 6.07) is 2.24. The summed E-state index contributed by atoms with van der Waals surface area (Å²) in [6.45, 7) is 6.58. The molecule has 0 heterocycles. The first-order valence-corrected chi connectivity index (χ1v) is 8.43. The lowest BCUT2D eigenvalue weighted by Gasteiger charge is -2.19. The van der Waals surface area contributed by atoms with E-state index in [1.54, 1.807) is 20.8 Å². The molecule has 0 atom stereocenters. The van der Waals surface area contributed by atoms with E-state index in [0.717, 1.165) is 6.07 Å². The Hall–Kier alpha value is -1.87. The van der Waals surface area contributed by atoms with Crippen LogP contribution in [0.5, 0.6) is 0 Å². The van der Waals surface area contributed by atoms with Gasteiger partial charge in [0.1, 0.15) is 11.4 Å². The Balaban J connectivity index is 2.59. The van der Waals surface area contributed by atoms with E-state index in [1.807, 2.05) is 0 Å². The largest absolute Gasteiger partial charge is 0.444 e. The number of halogens is 1. The van der Waals surface area contributed by atoms with Crippen LogP contribution in [-0.2, 0) is 14.8 Å². The molecule has 1 rings (SSSR count). The van der Waals surface area contributed by atoms with Crippen LogP contribution in [0.4, 0.5) is 14.9 Å². The van der Waals surface area contributed by atoms with Crippen molar-refractivity contribution in [2.75, 3.05) is 18.8 Å². The number of nitrogen functional groups attached to an aromatic ring is 1. The van der Waals surface area contributed by atoms with Crippen LogP contribution < -0.4 is 15.8 Å². The Morgan fingerprint density at radius 2 is 1.91 bits per heavy atom. The highest BCUT2D eigenvalue weighted by Gasteiger charge is 2.18. The zero-order valence-electron chi connectivity index (χ0n) is 13.6. The lowest BCUT2D eigenvalue weighted by Crippen LogP contribution is -2.37. The van der Waals surface area contributed by atoms with Crippen LogP contribution in [0.3, 0.4) is 0 Å². The number of carbonyl (C=O) groups is 1. The van der Waals surface area contributed by atoms with Gasteiger partial charge in [-0.1, -0.05) is 0 Å². The standard InChI is InChI=1S/C14H22FN3O4S/c1-9-7-10(8-11(16)12(9)15)23(20,21)18-6-5-17-13(19)22-14(2,3)4/h7-8,18H,5-6,16H2,1-4H3,(H,17,19). The first-order chi connectivity index (χ1) is 10.4. The summed E-state index contributed by atoms with van der Waals surface area (Å²) in [4.78, 5) is 11.3. The van der Waals surface area contributed by atoms with E-state index in [4.69, 9.17) is 10.5 Å². The molecule has 0 spiro atoms. The third-order valence-corrected chi connectivity index (χ3v) is 4.09. The number of alkyl carbamates (subject to hydrolysis) is 1. The number of hydrogen-bond donors (Lipinski definition) is 3. The Labute approximate surface area is 135 Å². The van der Waals surface area contributed by atoms with Crippen LogP contribution in [-0.4, -0.2) is 33.2 Å². The third-order valence-electron chi connectivity index (χ3n) is 2.65. The molecule has 0 fully saturated rings. The molecular weight excluding hydrogens is 325 g/mol. The second-order valence-corrected chi connectivity index (χ2v) is 7.74. The van der Waals surface area contributed by atoms with Gasteiger partial charge in [0.15, 0.2) is 0 Å². The molecule has 4 N–H and O–H groups in total. The zero-order chi connectivity index (χ0) is 17.8. The molecule has 0 radical (unpaired) electrons. The summed E-state index contributed by atoms with van der Waals surface area (Å²) in [6.07, 6.45) is -0.640. The van der Waals surface area contributed by atoms with E-state index in [0.29, 0.717) is 0 Å². The molecule has 0 aliphatic carbocycles. The number of sulfonamides is 1. The second kappa shape index (κ2) is 7.14. The summed E-state index contributed by atoms with van der Waals surface area (Å²) in [7, 11) is -3.84. The lowest BCUT2D eigenvalue weighted by molar-refractivity contribution is 0.0529. The van der Waals surface area contributed by atoms with Gasteiger partial charge in [-0.25, -0.2) is 22.3 Å². The molecule has 0 aliphatic rings. The topological polar surface area (TPSA) is 111 Å². The highest BCUT2D eigenvalue weighted by Crippen LogP contribution is 2.20. The maximum absolute atomic E-state index is 13.4. The van der Waals surface area contributed by atoms with Crippen LogP contribution in [0.25, 0.3) is 0 Å². The number of benzene rings is 1. The van der Waals surface area contributed by atoms with Gasteiger partial charge in [0, 0.05) is 13.1 Å². The molecule has 1 aromatic rings. The summed E-state index contributed by atoms with van der Waals surface area (Å²) >= 11 is 0. The van der Waals surface area contributed by atoms with Crippen molar-refractivity contribution in [3.8, 4) is 0 Å². The van der Waals surface area contributed by atoms with Crippen LogP contribution in [0, 0.1) is 12.7 Å². The van der Waals surface area contributed by atoms with Crippen LogP contribution in [0.15, 0.2) is 17.0 Å².